The number of nitriles is 1. The number of carbonyl (C=O) groups excluding carboxylic acids is 2. The number of rotatable bonds is 4. The van der Waals surface area contributed by atoms with Gasteiger partial charge in [-0.1, -0.05) is 30.9 Å². The zero-order valence-electron chi connectivity index (χ0n) is 13.5. The average Bonchev–Trinajstić information content (AvgIpc) is 2.57. The molecule has 128 valence electrons. The van der Waals surface area contributed by atoms with Crippen LogP contribution in [0.5, 0.6) is 5.75 Å². The third kappa shape index (κ3) is 5.14. The van der Waals surface area contributed by atoms with Crippen molar-refractivity contribution < 1.29 is 14.3 Å². The van der Waals surface area contributed by atoms with Gasteiger partial charge in [-0.3, -0.25) is 10.1 Å². The second-order valence-corrected chi connectivity index (χ2v) is 6.22. The van der Waals surface area contributed by atoms with Gasteiger partial charge >= 0.3 is 6.03 Å². The van der Waals surface area contributed by atoms with Gasteiger partial charge in [0.1, 0.15) is 5.75 Å². The summed E-state index contributed by atoms with van der Waals surface area (Å²) in [5, 5.41) is 14.1. The van der Waals surface area contributed by atoms with Crippen LogP contribution in [0.1, 0.15) is 44.6 Å². The second kappa shape index (κ2) is 8.55. The highest BCUT2D eigenvalue weighted by Gasteiger charge is 2.21. The number of hydrogen-bond donors (Lipinski definition) is 2. The molecule has 1 aromatic carbocycles. The fraction of sp³-hybridized carbons (Fsp3) is 0.471. The van der Waals surface area contributed by atoms with E-state index in [1.807, 2.05) is 6.07 Å². The van der Waals surface area contributed by atoms with E-state index in [1.165, 1.54) is 25.5 Å². The number of benzene rings is 1. The largest absolute Gasteiger partial charge is 0.479 e. The van der Waals surface area contributed by atoms with Crippen LogP contribution in [0.15, 0.2) is 18.2 Å². The van der Waals surface area contributed by atoms with Crippen molar-refractivity contribution in [2.45, 2.75) is 51.2 Å². The quantitative estimate of drug-likeness (QED) is 0.873. The summed E-state index contributed by atoms with van der Waals surface area (Å²) in [4.78, 5) is 23.9. The first kappa shape index (κ1) is 18.1. The average molecular weight is 350 g/mol. The van der Waals surface area contributed by atoms with Crippen molar-refractivity contribution in [1.82, 2.24) is 10.6 Å². The van der Waals surface area contributed by atoms with Gasteiger partial charge in [0.2, 0.25) is 0 Å². The van der Waals surface area contributed by atoms with E-state index in [4.69, 9.17) is 21.6 Å². The lowest BCUT2D eigenvalue weighted by molar-refractivity contribution is -0.126. The van der Waals surface area contributed by atoms with E-state index in [1.54, 1.807) is 6.07 Å². The molecular weight excluding hydrogens is 330 g/mol. The molecule has 1 saturated carbocycles. The molecule has 0 heterocycles. The van der Waals surface area contributed by atoms with Gasteiger partial charge in [-0.25, -0.2) is 4.79 Å². The Morgan fingerprint density at radius 2 is 2.04 bits per heavy atom. The number of imide groups is 1. The van der Waals surface area contributed by atoms with Gasteiger partial charge in [-0.15, -0.1) is 0 Å². The number of urea groups is 1. The van der Waals surface area contributed by atoms with Crippen molar-refractivity contribution >= 4 is 23.5 Å². The Hall–Kier alpha value is -2.26. The van der Waals surface area contributed by atoms with Crippen LogP contribution in [0.25, 0.3) is 0 Å². The number of nitrogens with one attached hydrogen (secondary N) is 2. The highest BCUT2D eigenvalue weighted by atomic mass is 35.5. The molecule has 24 heavy (non-hydrogen) atoms. The maximum absolute atomic E-state index is 12.0. The van der Waals surface area contributed by atoms with Gasteiger partial charge < -0.3 is 10.1 Å². The van der Waals surface area contributed by atoms with Gasteiger partial charge in [0, 0.05) is 6.04 Å². The molecule has 1 aliphatic carbocycles. The van der Waals surface area contributed by atoms with Gasteiger partial charge in [-0.05, 0) is 38.0 Å². The molecule has 1 aliphatic rings. The normalized spacial score (nSPS) is 15.9. The summed E-state index contributed by atoms with van der Waals surface area (Å²) in [5.74, 6) is -0.269. The molecule has 0 saturated heterocycles. The van der Waals surface area contributed by atoms with Crippen LogP contribution in [-0.4, -0.2) is 24.1 Å². The molecule has 6 nitrogen and oxygen atoms in total. The zero-order valence-corrected chi connectivity index (χ0v) is 14.2. The molecular formula is C17H20ClN3O3. The molecule has 1 aromatic rings. The van der Waals surface area contributed by atoms with Gasteiger partial charge in [0.15, 0.2) is 6.10 Å². The van der Waals surface area contributed by atoms with Crippen molar-refractivity contribution in [2.24, 2.45) is 0 Å². The predicted molar refractivity (Wildman–Crippen MR) is 89.8 cm³/mol. The Labute approximate surface area is 146 Å². The first-order valence-corrected chi connectivity index (χ1v) is 8.35. The Morgan fingerprint density at radius 1 is 1.33 bits per heavy atom. The second-order valence-electron chi connectivity index (χ2n) is 5.81. The summed E-state index contributed by atoms with van der Waals surface area (Å²) in [6.07, 6.45) is 4.36. The van der Waals surface area contributed by atoms with E-state index in [2.05, 4.69) is 10.6 Å². The first-order valence-electron chi connectivity index (χ1n) is 7.97. The molecule has 1 fully saturated rings. The van der Waals surface area contributed by atoms with Crippen LogP contribution in [0.3, 0.4) is 0 Å². The van der Waals surface area contributed by atoms with Crippen molar-refractivity contribution in [3.63, 3.8) is 0 Å². The molecule has 0 aliphatic heterocycles. The molecule has 7 heteroatoms. The van der Waals surface area contributed by atoms with E-state index < -0.39 is 18.0 Å². The zero-order chi connectivity index (χ0) is 17.5. The molecule has 2 N–H and O–H groups in total. The van der Waals surface area contributed by atoms with Crippen LogP contribution in [0.4, 0.5) is 4.79 Å². The van der Waals surface area contributed by atoms with Crippen LogP contribution in [-0.2, 0) is 4.79 Å². The summed E-state index contributed by atoms with van der Waals surface area (Å²) < 4.78 is 5.46. The van der Waals surface area contributed by atoms with Crippen LogP contribution < -0.4 is 15.4 Å². The van der Waals surface area contributed by atoms with E-state index in [-0.39, 0.29) is 16.8 Å². The smallest absolute Gasteiger partial charge is 0.321 e. The minimum absolute atomic E-state index is 0.121. The summed E-state index contributed by atoms with van der Waals surface area (Å²) in [6, 6.07) is 6.10. The van der Waals surface area contributed by atoms with E-state index in [0.717, 1.165) is 25.7 Å². The van der Waals surface area contributed by atoms with Crippen LogP contribution in [0, 0.1) is 11.3 Å². The van der Waals surface area contributed by atoms with Gasteiger partial charge in [0.05, 0.1) is 16.7 Å². The molecule has 0 spiro atoms. The van der Waals surface area contributed by atoms with E-state index in [9.17, 15) is 9.59 Å². The monoisotopic (exact) mass is 349 g/mol. The highest BCUT2D eigenvalue weighted by Crippen LogP contribution is 2.26. The number of amides is 3. The number of nitrogens with zero attached hydrogens (tertiary/aromatic N) is 1. The molecule has 0 bridgehead atoms. The number of halogens is 1. The third-order valence-corrected chi connectivity index (χ3v) is 4.21. The predicted octanol–water partition coefficient (Wildman–Crippen LogP) is 3.14. The van der Waals surface area contributed by atoms with E-state index in [0.29, 0.717) is 5.56 Å². The lowest BCUT2D eigenvalue weighted by Crippen LogP contribution is -2.48. The summed E-state index contributed by atoms with van der Waals surface area (Å²) in [7, 11) is 0. The standard InChI is InChI=1S/C17H20ClN3O3/c1-11(24-15-8-7-12(10-19)9-14(15)18)16(22)21-17(23)20-13-5-3-2-4-6-13/h7-9,11,13H,2-6H2,1H3,(H2,20,21,22,23)/t11-/m0/s1. The molecule has 0 radical (unpaired) electrons. The molecule has 0 aromatic heterocycles. The van der Waals surface area contributed by atoms with Crippen molar-refractivity contribution in [2.75, 3.05) is 0 Å². The highest BCUT2D eigenvalue weighted by molar-refractivity contribution is 6.32. The molecule has 0 unspecified atom stereocenters. The Kier molecular flexibility index (Phi) is 6.44. The SMILES string of the molecule is C[C@H](Oc1ccc(C#N)cc1Cl)C(=O)NC(=O)NC1CCCCC1. The maximum atomic E-state index is 12.0. The summed E-state index contributed by atoms with van der Waals surface area (Å²) >= 11 is 6.00. The fourth-order valence-electron chi connectivity index (χ4n) is 2.59. The minimum atomic E-state index is -0.896. The lowest BCUT2D eigenvalue weighted by atomic mass is 9.96. The Balaban J connectivity index is 1.85. The lowest BCUT2D eigenvalue weighted by Gasteiger charge is -2.23. The van der Waals surface area contributed by atoms with Crippen molar-refractivity contribution in [1.29, 1.82) is 5.26 Å². The first-order chi connectivity index (χ1) is 11.5. The van der Waals surface area contributed by atoms with Gasteiger partial charge in [-0.2, -0.15) is 5.26 Å². The van der Waals surface area contributed by atoms with Crippen LogP contribution >= 0.6 is 11.6 Å². The van der Waals surface area contributed by atoms with Gasteiger partial charge in [0.25, 0.3) is 5.91 Å². The minimum Gasteiger partial charge on any atom is -0.479 e. The van der Waals surface area contributed by atoms with Crippen molar-refractivity contribution in [3.05, 3.63) is 28.8 Å². The molecule has 2 rings (SSSR count). The number of carbonyl (C=O) groups is 2. The summed E-state index contributed by atoms with van der Waals surface area (Å²) in [6.45, 7) is 1.53. The molecule has 3 amide bonds. The Morgan fingerprint density at radius 3 is 2.67 bits per heavy atom. The van der Waals surface area contributed by atoms with Crippen LogP contribution in [0.2, 0.25) is 5.02 Å². The number of hydrogen-bond acceptors (Lipinski definition) is 4. The van der Waals surface area contributed by atoms with Crippen molar-refractivity contribution in [3.8, 4) is 11.8 Å². The fourth-order valence-corrected chi connectivity index (χ4v) is 2.82. The summed E-state index contributed by atoms with van der Waals surface area (Å²) in [5.41, 5.74) is 0.399. The third-order valence-electron chi connectivity index (χ3n) is 3.91. The Bertz CT molecular complexity index is 651. The van der Waals surface area contributed by atoms with E-state index >= 15 is 0 Å². The topological polar surface area (TPSA) is 91.2 Å². The maximum Gasteiger partial charge on any atom is 0.321 e. The molecule has 1 atom stereocenters. The number of ether oxygens (including phenoxy) is 1.